The van der Waals surface area contributed by atoms with E-state index in [0.29, 0.717) is 10.0 Å². The maximum absolute atomic E-state index is 11.2. The second-order valence-corrected chi connectivity index (χ2v) is 8.72. The van der Waals surface area contributed by atoms with Gasteiger partial charge in [0.25, 0.3) is 0 Å². The number of ether oxygens (including phenoxy) is 1. The monoisotopic (exact) mass is 351 g/mol. The Labute approximate surface area is 139 Å². The van der Waals surface area contributed by atoms with E-state index in [4.69, 9.17) is 16.3 Å². The van der Waals surface area contributed by atoms with Crippen molar-refractivity contribution >= 4 is 46.8 Å². The van der Waals surface area contributed by atoms with Gasteiger partial charge in [-0.25, -0.2) is 4.98 Å². The minimum Gasteiger partial charge on any atom is -0.379 e. The van der Waals surface area contributed by atoms with Crippen molar-refractivity contribution in [1.29, 1.82) is 0 Å². The number of aromatic nitrogens is 1. The molecule has 0 aliphatic carbocycles. The van der Waals surface area contributed by atoms with Crippen molar-refractivity contribution in [3.05, 3.63) is 11.1 Å². The van der Waals surface area contributed by atoms with Crippen molar-refractivity contribution in [1.82, 2.24) is 4.98 Å². The summed E-state index contributed by atoms with van der Waals surface area (Å²) in [4.78, 5) is 26.0. The van der Waals surface area contributed by atoms with Gasteiger partial charge in [0.15, 0.2) is 10.1 Å². The Kier molecular flexibility index (Phi) is 8.70. The van der Waals surface area contributed by atoms with Crippen molar-refractivity contribution in [2.24, 2.45) is 0 Å². The number of thiazole rings is 1. The first-order valence-electron chi connectivity index (χ1n) is 6.30. The van der Waals surface area contributed by atoms with E-state index in [1.165, 1.54) is 23.1 Å². The highest BCUT2D eigenvalue weighted by atomic mass is 35.5. The highest BCUT2D eigenvalue weighted by Crippen LogP contribution is 2.33. The summed E-state index contributed by atoms with van der Waals surface area (Å²) in [6.45, 7) is 9.66. The Morgan fingerprint density at radius 2 is 1.95 bits per heavy atom. The number of nitrogens with zero attached hydrogens (tertiary/aromatic N) is 1. The molecule has 0 unspecified atom stereocenters. The van der Waals surface area contributed by atoms with Crippen LogP contribution < -0.4 is 0 Å². The fourth-order valence-electron chi connectivity index (χ4n) is 0.750. The molecule has 21 heavy (non-hydrogen) atoms. The zero-order valence-corrected chi connectivity index (χ0v) is 15.6. The molecule has 7 heteroatoms. The Bertz CT molecular complexity index is 467. The second-order valence-electron chi connectivity index (χ2n) is 5.70. The van der Waals surface area contributed by atoms with Crippen LogP contribution in [0.5, 0.6) is 0 Å². The lowest BCUT2D eigenvalue weighted by Gasteiger charge is -2.14. The molecule has 0 radical (unpaired) electrons. The smallest absolute Gasteiger partial charge is 0.196 e. The molecule has 1 heterocycles. The third-order valence-corrected chi connectivity index (χ3v) is 4.44. The fourth-order valence-corrected chi connectivity index (χ4v) is 3.06. The van der Waals surface area contributed by atoms with Crippen LogP contribution in [-0.2, 0) is 9.53 Å². The molecule has 4 nitrogen and oxygen atoms in total. The minimum atomic E-state index is -0.515. The van der Waals surface area contributed by atoms with Gasteiger partial charge in [-0.2, -0.15) is 0 Å². The lowest BCUT2D eigenvalue weighted by atomic mass is 10.2. The normalized spacial score (nSPS) is 11.6. The van der Waals surface area contributed by atoms with Gasteiger partial charge in [0.05, 0.1) is 16.2 Å². The summed E-state index contributed by atoms with van der Waals surface area (Å²) in [5, 5.41) is 1.66. The third kappa shape index (κ3) is 9.24. The summed E-state index contributed by atoms with van der Waals surface area (Å²) in [6, 6.07) is 0. The number of rotatable bonds is 5. The second kappa shape index (κ2) is 8.88. The number of thioether (sulfide) groups is 1. The van der Waals surface area contributed by atoms with Gasteiger partial charge < -0.3 is 9.53 Å². The number of Topliss-reactive ketones (excluding diaryl/α,β-unsaturated/α-hetero) is 1. The molecular weight excluding hydrogens is 330 g/mol. The summed E-state index contributed by atoms with van der Waals surface area (Å²) in [5.41, 5.74) is 0.416. The van der Waals surface area contributed by atoms with Crippen LogP contribution >= 0.6 is 34.7 Å². The van der Waals surface area contributed by atoms with E-state index in [-0.39, 0.29) is 17.3 Å². The van der Waals surface area contributed by atoms with Gasteiger partial charge in [-0.05, 0) is 34.6 Å². The lowest BCUT2D eigenvalue weighted by Crippen LogP contribution is -2.15. The topological polar surface area (TPSA) is 56.3 Å². The maximum Gasteiger partial charge on any atom is 0.196 e. The fraction of sp³-hybridized carbons (Fsp3) is 0.643. The van der Waals surface area contributed by atoms with E-state index >= 15 is 0 Å². The van der Waals surface area contributed by atoms with Crippen LogP contribution in [0, 0.1) is 0 Å². The zero-order valence-electron chi connectivity index (χ0n) is 13.2. The molecule has 0 aromatic carbocycles. The maximum atomic E-state index is 11.2. The first kappa shape index (κ1) is 20.6. The molecule has 0 aliphatic rings. The Morgan fingerprint density at radius 1 is 1.43 bits per heavy atom. The average molecular weight is 352 g/mol. The molecule has 1 aromatic heterocycles. The van der Waals surface area contributed by atoms with Crippen molar-refractivity contribution in [2.45, 2.75) is 49.3 Å². The molecule has 0 aliphatic heterocycles. The molecule has 1 rings (SSSR count). The third-order valence-electron chi connectivity index (χ3n) is 2.14. The molecule has 120 valence electrons. The van der Waals surface area contributed by atoms with Gasteiger partial charge in [0.2, 0.25) is 0 Å². The summed E-state index contributed by atoms with van der Waals surface area (Å²) < 4.78 is 5.13. The Morgan fingerprint density at radius 3 is 2.33 bits per heavy atom. The largest absolute Gasteiger partial charge is 0.379 e. The molecule has 0 spiro atoms. The zero-order chi connectivity index (χ0) is 16.7. The molecule has 0 fully saturated rings. The highest BCUT2D eigenvalue weighted by Gasteiger charge is 2.21. The Balaban J connectivity index is 0.000000567. The van der Waals surface area contributed by atoms with Gasteiger partial charge in [0, 0.05) is 12.5 Å². The molecule has 0 amide bonds. The van der Waals surface area contributed by atoms with Crippen LogP contribution in [0.15, 0.2) is 9.72 Å². The predicted molar refractivity (Wildman–Crippen MR) is 89.9 cm³/mol. The molecule has 0 N–H and O–H groups in total. The summed E-state index contributed by atoms with van der Waals surface area (Å²) in [6.07, 6.45) is 0.863. The lowest BCUT2D eigenvalue weighted by molar-refractivity contribution is -0.109. The van der Waals surface area contributed by atoms with E-state index < -0.39 is 4.75 Å². The average Bonchev–Trinajstić information content (AvgIpc) is 2.85. The number of alkyl halides is 1. The SMILES string of the molecule is CC(C)(C=O)Sc1nc(C(=O)CCl)cs1.COC(C)(C)C. The van der Waals surface area contributed by atoms with Crippen molar-refractivity contribution < 1.29 is 14.3 Å². The van der Waals surface area contributed by atoms with Gasteiger partial charge in [0.1, 0.15) is 12.0 Å². The highest BCUT2D eigenvalue weighted by molar-refractivity contribution is 8.02. The van der Waals surface area contributed by atoms with Gasteiger partial charge in [-0.15, -0.1) is 22.9 Å². The van der Waals surface area contributed by atoms with Crippen LogP contribution in [0.2, 0.25) is 0 Å². The van der Waals surface area contributed by atoms with Crippen molar-refractivity contribution in [3.63, 3.8) is 0 Å². The standard InChI is InChI=1S/C9H10ClNO2S2.C5H12O/c1-9(2,5-12)15-8-11-6(4-14-8)7(13)3-10;1-5(2,3)6-4/h4-5H,3H2,1-2H3;1-4H3. The molecule has 0 saturated heterocycles. The first-order valence-corrected chi connectivity index (χ1v) is 8.53. The van der Waals surface area contributed by atoms with E-state index in [1.807, 2.05) is 20.8 Å². The summed E-state index contributed by atoms with van der Waals surface area (Å²) in [5.74, 6) is -0.256. The summed E-state index contributed by atoms with van der Waals surface area (Å²) >= 11 is 8.10. The molecule has 0 saturated carbocycles. The van der Waals surface area contributed by atoms with Crippen molar-refractivity contribution in [3.8, 4) is 0 Å². The number of halogens is 1. The number of aldehydes is 1. The number of hydrogen-bond acceptors (Lipinski definition) is 6. The van der Waals surface area contributed by atoms with Crippen LogP contribution in [0.4, 0.5) is 0 Å². The quantitative estimate of drug-likeness (QED) is 0.346. The summed E-state index contributed by atoms with van der Waals surface area (Å²) in [7, 11) is 1.71. The van der Waals surface area contributed by atoms with E-state index in [0.717, 1.165) is 6.29 Å². The van der Waals surface area contributed by atoms with Crippen LogP contribution in [0.3, 0.4) is 0 Å². The van der Waals surface area contributed by atoms with Gasteiger partial charge in [-0.3, -0.25) is 4.79 Å². The van der Waals surface area contributed by atoms with E-state index in [1.54, 1.807) is 26.3 Å². The minimum absolute atomic E-state index is 0.0417. The molecule has 0 bridgehead atoms. The van der Waals surface area contributed by atoms with E-state index in [2.05, 4.69) is 4.98 Å². The van der Waals surface area contributed by atoms with Gasteiger partial charge in [-0.1, -0.05) is 11.8 Å². The number of ketones is 1. The predicted octanol–water partition coefficient (Wildman–Crippen LogP) is 4.07. The molecule has 1 aromatic rings. The molecule has 0 atom stereocenters. The number of carbonyl (C=O) groups excluding carboxylic acids is 2. The number of methoxy groups -OCH3 is 1. The van der Waals surface area contributed by atoms with Crippen LogP contribution in [0.1, 0.15) is 45.1 Å². The number of hydrogen-bond donors (Lipinski definition) is 0. The van der Waals surface area contributed by atoms with Crippen LogP contribution in [-0.4, -0.2) is 40.4 Å². The molecular formula is C14H22ClNO3S2. The Hall–Kier alpha value is -0.430. The van der Waals surface area contributed by atoms with Gasteiger partial charge >= 0.3 is 0 Å². The first-order chi connectivity index (χ1) is 9.54. The van der Waals surface area contributed by atoms with E-state index in [9.17, 15) is 9.59 Å². The van der Waals surface area contributed by atoms with Crippen LogP contribution in [0.25, 0.3) is 0 Å². The van der Waals surface area contributed by atoms with Crippen molar-refractivity contribution in [2.75, 3.05) is 13.0 Å². The number of carbonyl (C=O) groups is 2.